The van der Waals surface area contributed by atoms with Gasteiger partial charge in [0.05, 0.1) is 5.92 Å². The van der Waals surface area contributed by atoms with E-state index in [4.69, 9.17) is 5.73 Å². The van der Waals surface area contributed by atoms with Crippen LogP contribution in [0.3, 0.4) is 0 Å². The first-order valence-corrected chi connectivity index (χ1v) is 9.02. The van der Waals surface area contributed by atoms with Gasteiger partial charge in [-0.05, 0) is 29.3 Å². The molecule has 0 aliphatic carbocycles. The van der Waals surface area contributed by atoms with Crippen molar-refractivity contribution in [1.29, 1.82) is 0 Å². The molecule has 1 aliphatic rings. The average Bonchev–Trinajstić information content (AvgIpc) is 3.13. The molecule has 3 heterocycles. The van der Waals surface area contributed by atoms with E-state index in [9.17, 15) is 19.1 Å². The van der Waals surface area contributed by atoms with Gasteiger partial charge in [-0.2, -0.15) is 0 Å². The SMILES string of the molecule is NC(=O)c1nnc2[nH]cc3c2c1-c1ccccc1NC(=O)C3c1ccc(O)c(F)c1. The Labute approximate surface area is 168 Å². The molecule has 30 heavy (non-hydrogen) atoms. The highest BCUT2D eigenvalue weighted by atomic mass is 19.1. The third-order valence-corrected chi connectivity index (χ3v) is 5.19. The summed E-state index contributed by atoms with van der Waals surface area (Å²) in [4.78, 5) is 28.4. The van der Waals surface area contributed by atoms with E-state index in [1.165, 1.54) is 12.1 Å². The number of fused-ring (bicyclic) bond motifs is 2. The number of carbonyl (C=O) groups is 2. The molecule has 0 bridgehead atoms. The molecular formula is C21H14FN5O3. The Morgan fingerprint density at radius 3 is 2.73 bits per heavy atom. The van der Waals surface area contributed by atoms with Crippen molar-refractivity contribution in [3.8, 4) is 16.9 Å². The largest absolute Gasteiger partial charge is 0.505 e. The molecular weight excluding hydrogens is 389 g/mol. The van der Waals surface area contributed by atoms with Crippen LogP contribution in [0.25, 0.3) is 22.2 Å². The number of amides is 2. The number of phenols is 1. The minimum Gasteiger partial charge on any atom is -0.505 e. The fraction of sp³-hybridized carbons (Fsp3) is 0.0476. The Kier molecular flexibility index (Phi) is 3.78. The highest BCUT2D eigenvalue weighted by Gasteiger charge is 2.33. The Balaban J connectivity index is 1.90. The lowest BCUT2D eigenvalue weighted by Gasteiger charge is -2.23. The van der Waals surface area contributed by atoms with Gasteiger partial charge in [0.2, 0.25) is 5.91 Å². The number of nitrogens with one attached hydrogen (secondary N) is 2. The zero-order chi connectivity index (χ0) is 21.0. The molecule has 2 amide bonds. The number of aromatic amines is 1. The third kappa shape index (κ3) is 2.52. The van der Waals surface area contributed by atoms with E-state index in [-0.39, 0.29) is 5.69 Å². The van der Waals surface area contributed by atoms with Gasteiger partial charge < -0.3 is 21.1 Å². The van der Waals surface area contributed by atoms with Crippen LogP contribution >= 0.6 is 0 Å². The molecule has 148 valence electrons. The fourth-order valence-corrected chi connectivity index (χ4v) is 3.89. The molecule has 5 rings (SSSR count). The maximum absolute atomic E-state index is 14.1. The Morgan fingerprint density at radius 1 is 1.17 bits per heavy atom. The number of nitrogens with zero attached hydrogens (tertiary/aromatic N) is 2. The number of primary amides is 1. The molecule has 4 aromatic rings. The number of aromatic hydroxyl groups is 1. The lowest BCUT2D eigenvalue weighted by molar-refractivity contribution is -0.116. The van der Waals surface area contributed by atoms with E-state index >= 15 is 0 Å². The van der Waals surface area contributed by atoms with Crippen LogP contribution in [0, 0.1) is 5.82 Å². The molecule has 1 atom stereocenters. The van der Waals surface area contributed by atoms with E-state index in [2.05, 4.69) is 20.5 Å². The smallest absolute Gasteiger partial charge is 0.269 e. The van der Waals surface area contributed by atoms with Gasteiger partial charge in [-0.25, -0.2) is 4.39 Å². The quantitative estimate of drug-likeness (QED) is 0.408. The van der Waals surface area contributed by atoms with Crippen LogP contribution in [0.2, 0.25) is 0 Å². The Morgan fingerprint density at radius 2 is 1.97 bits per heavy atom. The number of halogens is 1. The number of phenolic OH excluding ortho intramolecular Hbond substituents is 1. The summed E-state index contributed by atoms with van der Waals surface area (Å²) in [6, 6.07) is 10.7. The Hall–Kier alpha value is -4.27. The van der Waals surface area contributed by atoms with E-state index in [1.807, 2.05) is 0 Å². The van der Waals surface area contributed by atoms with Gasteiger partial charge in [-0.3, -0.25) is 9.59 Å². The molecule has 0 fully saturated rings. The summed E-state index contributed by atoms with van der Waals surface area (Å²) in [6.07, 6.45) is 1.58. The molecule has 9 heteroatoms. The van der Waals surface area contributed by atoms with Crippen LogP contribution in [-0.2, 0) is 4.79 Å². The number of rotatable bonds is 2. The standard InChI is InChI=1S/C21H14FN5O3/c22-12-7-9(5-6-14(12)28)15-11-8-24-20-17(11)16(18(19(23)29)26-27-20)10-3-1-2-4-13(10)25-21(15)30/h1-8,15,28H,(H2,23,29)(H,24,27)(H,25,30). The van der Waals surface area contributed by atoms with Crippen molar-refractivity contribution in [1.82, 2.24) is 15.2 Å². The number of hydrogen-bond donors (Lipinski definition) is 4. The zero-order valence-electron chi connectivity index (χ0n) is 15.3. The number of aromatic nitrogens is 3. The maximum atomic E-state index is 14.1. The van der Waals surface area contributed by atoms with E-state index in [0.29, 0.717) is 39.0 Å². The summed E-state index contributed by atoms with van der Waals surface area (Å²) in [5.41, 5.74) is 8.15. The molecule has 0 radical (unpaired) electrons. The Bertz CT molecular complexity index is 1360. The van der Waals surface area contributed by atoms with Gasteiger partial charge in [0.25, 0.3) is 5.91 Å². The van der Waals surface area contributed by atoms with Crippen LogP contribution in [0.1, 0.15) is 27.5 Å². The van der Waals surface area contributed by atoms with Crippen molar-refractivity contribution in [3.05, 3.63) is 71.3 Å². The van der Waals surface area contributed by atoms with Crippen molar-refractivity contribution in [2.24, 2.45) is 5.73 Å². The predicted molar refractivity (Wildman–Crippen MR) is 106 cm³/mol. The highest BCUT2D eigenvalue weighted by Crippen LogP contribution is 2.43. The molecule has 1 aliphatic heterocycles. The molecule has 2 aromatic carbocycles. The summed E-state index contributed by atoms with van der Waals surface area (Å²) in [5, 5.41) is 20.9. The van der Waals surface area contributed by atoms with Crippen LogP contribution in [0.15, 0.2) is 48.7 Å². The first kappa shape index (κ1) is 17.8. The van der Waals surface area contributed by atoms with Crippen molar-refractivity contribution in [3.63, 3.8) is 0 Å². The summed E-state index contributed by atoms with van der Waals surface area (Å²) < 4.78 is 14.1. The monoisotopic (exact) mass is 403 g/mol. The molecule has 2 aromatic heterocycles. The lowest BCUT2D eigenvalue weighted by atomic mass is 9.85. The summed E-state index contributed by atoms with van der Waals surface area (Å²) >= 11 is 0. The van der Waals surface area contributed by atoms with Gasteiger partial charge in [0.15, 0.2) is 22.9 Å². The second-order valence-corrected chi connectivity index (χ2v) is 6.93. The summed E-state index contributed by atoms with van der Waals surface area (Å²) in [6.45, 7) is 0. The first-order valence-electron chi connectivity index (χ1n) is 9.02. The van der Waals surface area contributed by atoms with Gasteiger partial charge in [-0.15, -0.1) is 10.2 Å². The third-order valence-electron chi connectivity index (χ3n) is 5.19. The van der Waals surface area contributed by atoms with Gasteiger partial charge >= 0.3 is 0 Å². The zero-order valence-corrected chi connectivity index (χ0v) is 15.3. The fourth-order valence-electron chi connectivity index (χ4n) is 3.89. The topological polar surface area (TPSA) is 134 Å². The normalized spacial score (nSPS) is 15.2. The predicted octanol–water partition coefficient (Wildman–Crippen LogP) is 2.65. The van der Waals surface area contributed by atoms with Crippen LogP contribution in [-0.4, -0.2) is 32.1 Å². The maximum Gasteiger partial charge on any atom is 0.269 e. The van der Waals surface area contributed by atoms with Crippen LogP contribution < -0.4 is 11.1 Å². The van der Waals surface area contributed by atoms with Crippen molar-refractivity contribution < 1.29 is 19.1 Å². The van der Waals surface area contributed by atoms with E-state index in [0.717, 1.165) is 6.07 Å². The van der Waals surface area contributed by atoms with Crippen molar-refractivity contribution in [2.45, 2.75) is 5.92 Å². The average molecular weight is 403 g/mol. The second-order valence-electron chi connectivity index (χ2n) is 6.93. The molecule has 0 spiro atoms. The minimum absolute atomic E-state index is 0.0393. The van der Waals surface area contributed by atoms with Crippen molar-refractivity contribution in [2.75, 3.05) is 5.32 Å². The van der Waals surface area contributed by atoms with Crippen LogP contribution in [0.4, 0.5) is 10.1 Å². The lowest BCUT2D eigenvalue weighted by Crippen LogP contribution is -2.25. The van der Waals surface area contributed by atoms with Gasteiger partial charge in [-0.1, -0.05) is 24.3 Å². The van der Waals surface area contributed by atoms with Gasteiger partial charge in [0, 0.05) is 28.4 Å². The first-order chi connectivity index (χ1) is 14.5. The van der Waals surface area contributed by atoms with Gasteiger partial charge in [0.1, 0.15) is 0 Å². The summed E-state index contributed by atoms with van der Waals surface area (Å²) in [7, 11) is 0. The van der Waals surface area contributed by atoms with E-state index in [1.54, 1.807) is 30.5 Å². The highest BCUT2D eigenvalue weighted by molar-refractivity contribution is 6.14. The molecule has 0 saturated carbocycles. The van der Waals surface area contributed by atoms with Crippen LogP contribution in [0.5, 0.6) is 5.75 Å². The second kappa shape index (κ2) is 6.38. The number of hydrogen-bond acceptors (Lipinski definition) is 5. The summed E-state index contributed by atoms with van der Waals surface area (Å²) in [5.74, 6) is -3.47. The number of H-pyrrole nitrogens is 1. The number of benzene rings is 2. The number of nitrogens with two attached hydrogens (primary N) is 1. The molecule has 0 saturated heterocycles. The van der Waals surface area contributed by atoms with E-state index < -0.39 is 29.3 Å². The molecule has 5 N–H and O–H groups in total. The van der Waals surface area contributed by atoms with Crippen molar-refractivity contribution >= 4 is 28.5 Å². The number of carbonyl (C=O) groups excluding carboxylic acids is 2. The minimum atomic E-state index is -0.939. The number of anilines is 1. The number of para-hydroxylation sites is 1. The molecule has 8 nitrogen and oxygen atoms in total. The molecule has 1 unspecified atom stereocenters.